The third kappa shape index (κ3) is 5.04. The number of fused-ring (bicyclic) bond motifs is 2. The van der Waals surface area contributed by atoms with Gasteiger partial charge < -0.3 is 14.9 Å². The topological polar surface area (TPSA) is 148 Å². The summed E-state index contributed by atoms with van der Waals surface area (Å²) in [6.45, 7) is 4.41. The van der Waals surface area contributed by atoms with Gasteiger partial charge in [0.05, 0.1) is 21.7 Å². The number of imide groups is 2. The maximum absolute atomic E-state index is 15.3. The number of hydrogen-bond acceptors (Lipinski definition) is 10. The minimum atomic E-state index is -3.63. The lowest BCUT2D eigenvalue weighted by Crippen LogP contribution is -2.55. The normalized spacial score (nSPS) is 25.6. The molecule has 3 atom stereocenters. The summed E-state index contributed by atoms with van der Waals surface area (Å²) >= 11 is 0. The van der Waals surface area contributed by atoms with Crippen LogP contribution in [0.2, 0.25) is 0 Å². The van der Waals surface area contributed by atoms with E-state index in [1.54, 1.807) is 6.07 Å². The van der Waals surface area contributed by atoms with Gasteiger partial charge in [-0.3, -0.25) is 34.3 Å². The molecule has 5 aliphatic rings. The Morgan fingerprint density at radius 3 is 2.28 bits per heavy atom. The summed E-state index contributed by atoms with van der Waals surface area (Å²) in [6.07, 6.45) is -1.99. The summed E-state index contributed by atoms with van der Waals surface area (Å²) in [5.41, 5.74) is 1.61. The van der Waals surface area contributed by atoms with E-state index in [0.29, 0.717) is 50.7 Å². The van der Waals surface area contributed by atoms with Crippen molar-refractivity contribution in [3.05, 3.63) is 52.3 Å². The Bertz CT molecular complexity index is 1790. The van der Waals surface area contributed by atoms with Crippen LogP contribution in [0.4, 0.5) is 20.2 Å². The van der Waals surface area contributed by atoms with Crippen molar-refractivity contribution in [2.75, 3.05) is 61.9 Å². The fourth-order valence-electron chi connectivity index (χ4n) is 7.42. The Morgan fingerprint density at radius 1 is 0.957 bits per heavy atom. The van der Waals surface area contributed by atoms with Crippen molar-refractivity contribution in [2.45, 2.75) is 42.5 Å². The SMILES string of the molecule is CS(=O)(=O)c1ccc(N2CC(CN3CCN(c4cc5c(cc4F)C(=O)N(C4CCC(=O)NC4=O)C5=O)CC3)C2)c2c1[C@H](O)[C@H](F)C2. The van der Waals surface area contributed by atoms with Crippen LogP contribution in [0.5, 0.6) is 0 Å². The van der Waals surface area contributed by atoms with E-state index in [0.717, 1.165) is 29.5 Å². The highest BCUT2D eigenvalue weighted by Gasteiger charge is 2.46. The van der Waals surface area contributed by atoms with Crippen molar-refractivity contribution in [3.8, 4) is 0 Å². The van der Waals surface area contributed by atoms with E-state index in [2.05, 4.69) is 15.1 Å². The third-order valence-electron chi connectivity index (χ3n) is 9.76. The number of carbonyl (C=O) groups excluding carboxylic acids is 4. The van der Waals surface area contributed by atoms with Crippen molar-refractivity contribution in [2.24, 2.45) is 5.92 Å². The average Bonchev–Trinajstić information content (AvgIpc) is 3.41. The number of rotatable bonds is 6. The van der Waals surface area contributed by atoms with Gasteiger partial charge in [-0.05, 0) is 36.2 Å². The molecule has 0 bridgehead atoms. The van der Waals surface area contributed by atoms with Crippen LogP contribution in [-0.2, 0) is 25.8 Å². The van der Waals surface area contributed by atoms with E-state index in [4.69, 9.17) is 0 Å². The average molecular weight is 658 g/mol. The van der Waals surface area contributed by atoms with Gasteiger partial charge in [0, 0.05) is 82.1 Å². The molecular formula is C31H33F2N5O7S. The van der Waals surface area contributed by atoms with Gasteiger partial charge in [0.25, 0.3) is 11.8 Å². The predicted molar refractivity (Wildman–Crippen MR) is 161 cm³/mol. The van der Waals surface area contributed by atoms with Gasteiger partial charge in [-0.1, -0.05) is 0 Å². The van der Waals surface area contributed by atoms with Crippen molar-refractivity contribution in [3.63, 3.8) is 0 Å². The maximum atomic E-state index is 15.3. The third-order valence-corrected chi connectivity index (χ3v) is 10.9. The monoisotopic (exact) mass is 657 g/mol. The number of carbonyl (C=O) groups is 4. The fourth-order valence-corrected chi connectivity index (χ4v) is 8.38. The number of anilines is 2. The number of piperazine rings is 1. The fraction of sp³-hybridized carbons (Fsp3) is 0.484. The molecule has 1 aliphatic carbocycles. The molecule has 46 heavy (non-hydrogen) atoms. The Hall–Kier alpha value is -3.95. The van der Waals surface area contributed by atoms with Crippen LogP contribution in [0.25, 0.3) is 0 Å². The van der Waals surface area contributed by atoms with Gasteiger partial charge in [-0.2, -0.15) is 0 Å². The van der Waals surface area contributed by atoms with E-state index in [9.17, 15) is 37.1 Å². The molecule has 0 saturated carbocycles. The van der Waals surface area contributed by atoms with Crippen molar-refractivity contribution in [1.82, 2.24) is 15.1 Å². The molecule has 12 nitrogen and oxygen atoms in total. The second-order valence-corrected chi connectivity index (χ2v) is 14.8. The van der Waals surface area contributed by atoms with Gasteiger partial charge in [0.1, 0.15) is 24.1 Å². The van der Waals surface area contributed by atoms with Crippen LogP contribution in [-0.4, -0.2) is 111 Å². The van der Waals surface area contributed by atoms with Gasteiger partial charge in [0.2, 0.25) is 11.8 Å². The predicted octanol–water partition coefficient (Wildman–Crippen LogP) is 0.816. The Labute approximate surface area is 263 Å². The molecule has 4 amide bonds. The molecule has 15 heteroatoms. The quantitative estimate of drug-likeness (QED) is 0.428. The van der Waals surface area contributed by atoms with Crippen LogP contribution in [0.3, 0.4) is 0 Å². The number of aliphatic hydroxyl groups is 1. The molecule has 3 saturated heterocycles. The zero-order valence-electron chi connectivity index (χ0n) is 25.0. The highest BCUT2D eigenvalue weighted by molar-refractivity contribution is 7.90. The second-order valence-electron chi connectivity index (χ2n) is 12.8. The molecule has 1 unspecified atom stereocenters. The Morgan fingerprint density at radius 2 is 1.63 bits per heavy atom. The molecule has 244 valence electrons. The van der Waals surface area contributed by atoms with Crippen molar-refractivity contribution < 1.29 is 41.5 Å². The maximum Gasteiger partial charge on any atom is 0.262 e. The number of halogens is 2. The Kier molecular flexibility index (Phi) is 7.40. The van der Waals surface area contributed by atoms with Crippen LogP contribution >= 0.6 is 0 Å². The van der Waals surface area contributed by atoms with E-state index >= 15 is 4.39 Å². The van der Waals surface area contributed by atoms with Crippen LogP contribution in [0.15, 0.2) is 29.2 Å². The molecule has 0 radical (unpaired) electrons. The van der Waals surface area contributed by atoms with Gasteiger partial charge >= 0.3 is 0 Å². The largest absolute Gasteiger partial charge is 0.385 e. The molecule has 4 aliphatic heterocycles. The molecule has 0 spiro atoms. The standard InChI is InChI=1S/C31H33F2N5O7S/c1-46(44,45)25-4-2-22(19-11-21(33)28(40)27(19)25)37-14-16(15-37)13-35-6-8-36(9-7-35)24-12-18-17(10-20(24)32)30(42)38(31(18)43)23-3-5-26(39)34-29(23)41/h2,4,10,12,16,21,23,28,40H,3,5-9,11,13-15H2,1H3,(H,34,39,41)/t21-,23?,28-/m1/s1. The van der Waals surface area contributed by atoms with E-state index < -0.39 is 57.6 Å². The molecule has 0 aromatic heterocycles. The minimum absolute atomic E-state index is 0.00324. The second kappa shape index (κ2) is 11.1. The smallest absolute Gasteiger partial charge is 0.262 e. The number of sulfone groups is 1. The first kappa shape index (κ1) is 30.7. The van der Waals surface area contributed by atoms with E-state index in [-0.39, 0.29) is 46.5 Å². The number of nitrogens with one attached hydrogen (secondary N) is 1. The summed E-state index contributed by atoms with van der Waals surface area (Å²) < 4.78 is 54.3. The van der Waals surface area contributed by atoms with Crippen LogP contribution in [0, 0.1) is 11.7 Å². The number of alkyl halides is 1. The number of amides is 4. The van der Waals surface area contributed by atoms with Gasteiger partial charge in [0.15, 0.2) is 9.84 Å². The first-order valence-corrected chi connectivity index (χ1v) is 17.2. The highest BCUT2D eigenvalue weighted by atomic mass is 32.2. The van der Waals surface area contributed by atoms with E-state index in [1.807, 2.05) is 4.90 Å². The molecule has 7 rings (SSSR count). The first-order chi connectivity index (χ1) is 21.8. The van der Waals surface area contributed by atoms with Crippen LogP contribution < -0.4 is 15.1 Å². The van der Waals surface area contributed by atoms with Crippen molar-refractivity contribution in [1.29, 1.82) is 0 Å². The lowest BCUT2D eigenvalue weighted by molar-refractivity contribution is -0.136. The lowest BCUT2D eigenvalue weighted by atomic mass is 9.95. The molecular weight excluding hydrogens is 624 g/mol. The van der Waals surface area contributed by atoms with Gasteiger partial charge in [-0.15, -0.1) is 0 Å². The molecule has 2 aromatic rings. The first-order valence-electron chi connectivity index (χ1n) is 15.3. The van der Waals surface area contributed by atoms with Gasteiger partial charge in [-0.25, -0.2) is 17.2 Å². The molecule has 3 fully saturated rings. The number of nitrogens with zero attached hydrogens (tertiary/aromatic N) is 4. The number of hydrogen-bond donors (Lipinski definition) is 2. The van der Waals surface area contributed by atoms with E-state index in [1.165, 1.54) is 12.1 Å². The summed E-state index contributed by atoms with van der Waals surface area (Å²) in [7, 11) is -3.63. The summed E-state index contributed by atoms with van der Waals surface area (Å²) in [4.78, 5) is 57.0. The highest BCUT2D eigenvalue weighted by Crippen LogP contribution is 2.44. The van der Waals surface area contributed by atoms with Crippen molar-refractivity contribution >= 4 is 44.8 Å². The summed E-state index contributed by atoms with van der Waals surface area (Å²) in [6, 6.07) is 4.45. The van der Waals surface area contributed by atoms with Crippen LogP contribution in [0.1, 0.15) is 50.8 Å². The Balaban J connectivity index is 0.973. The lowest BCUT2D eigenvalue weighted by Gasteiger charge is -2.45. The molecule has 4 heterocycles. The summed E-state index contributed by atoms with van der Waals surface area (Å²) in [5.74, 6) is -2.96. The zero-order valence-corrected chi connectivity index (χ0v) is 25.9. The molecule has 2 aromatic carbocycles. The number of piperidine rings is 1. The number of benzene rings is 2. The zero-order chi connectivity index (χ0) is 32.7. The molecule has 2 N–H and O–H groups in total. The minimum Gasteiger partial charge on any atom is -0.385 e. The summed E-state index contributed by atoms with van der Waals surface area (Å²) in [5, 5.41) is 12.5. The number of aliphatic hydroxyl groups excluding tert-OH is 1.